The lowest BCUT2D eigenvalue weighted by atomic mass is 10.1. The van der Waals surface area contributed by atoms with Crippen molar-refractivity contribution in [3.05, 3.63) is 35.4 Å². The number of benzene rings is 1. The fourth-order valence-electron chi connectivity index (χ4n) is 1.16. The molecule has 0 nitrogen and oxygen atoms in total. The molecule has 1 heteroatoms. The molecule has 0 N–H and O–H groups in total. The number of rotatable bonds is 2. The van der Waals surface area contributed by atoms with Crippen LogP contribution in [0.5, 0.6) is 0 Å². The van der Waals surface area contributed by atoms with Crippen molar-refractivity contribution in [3.63, 3.8) is 0 Å². The summed E-state index contributed by atoms with van der Waals surface area (Å²) in [6, 6.07) is 8.47. The Morgan fingerprint density at radius 3 is 2.73 bits per heavy atom. The molecule has 1 atom stereocenters. The predicted molar refractivity (Wildman–Crippen MR) is 50.2 cm³/mol. The van der Waals surface area contributed by atoms with E-state index < -0.39 is 0 Å². The van der Waals surface area contributed by atoms with Crippen LogP contribution in [0, 0.1) is 6.92 Å². The van der Waals surface area contributed by atoms with Crippen molar-refractivity contribution in [2.75, 3.05) is 0 Å². The zero-order chi connectivity index (χ0) is 8.27. The molecular weight excluding hydrogens is 156 g/mol. The molecule has 0 aliphatic heterocycles. The first-order valence-corrected chi connectivity index (χ1v) is 4.32. The molecule has 1 aromatic rings. The number of halogens is 1. The minimum absolute atomic E-state index is 0.233. The molecule has 0 fully saturated rings. The lowest BCUT2D eigenvalue weighted by molar-refractivity contribution is 0.930. The Morgan fingerprint density at radius 1 is 1.45 bits per heavy atom. The summed E-state index contributed by atoms with van der Waals surface area (Å²) in [7, 11) is 0. The van der Waals surface area contributed by atoms with E-state index in [-0.39, 0.29) is 5.38 Å². The van der Waals surface area contributed by atoms with Gasteiger partial charge >= 0.3 is 0 Å². The van der Waals surface area contributed by atoms with Crippen molar-refractivity contribution >= 4 is 11.6 Å². The average Bonchev–Trinajstić information content (AvgIpc) is 1.85. The molecule has 0 heterocycles. The Balaban J connectivity index is 2.71. The highest BCUT2D eigenvalue weighted by Crippen LogP contribution is 2.09. The molecule has 0 radical (unpaired) electrons. The molecule has 60 valence electrons. The van der Waals surface area contributed by atoms with E-state index in [0.717, 1.165) is 6.42 Å². The average molecular weight is 169 g/mol. The monoisotopic (exact) mass is 168 g/mol. The first-order chi connectivity index (χ1) is 5.18. The van der Waals surface area contributed by atoms with Gasteiger partial charge in [0.05, 0.1) is 0 Å². The first-order valence-electron chi connectivity index (χ1n) is 3.88. The first kappa shape index (κ1) is 8.61. The van der Waals surface area contributed by atoms with Gasteiger partial charge in [0.1, 0.15) is 0 Å². The van der Waals surface area contributed by atoms with Gasteiger partial charge in [-0.05, 0) is 25.8 Å². The van der Waals surface area contributed by atoms with Gasteiger partial charge in [0, 0.05) is 5.38 Å². The van der Waals surface area contributed by atoms with Gasteiger partial charge in [0.2, 0.25) is 0 Å². The number of alkyl halides is 1. The molecule has 0 aliphatic carbocycles. The Morgan fingerprint density at radius 2 is 2.18 bits per heavy atom. The van der Waals surface area contributed by atoms with Gasteiger partial charge in [-0.2, -0.15) is 0 Å². The Kier molecular flexibility index (Phi) is 2.95. The fourth-order valence-corrected chi connectivity index (χ4v) is 1.34. The van der Waals surface area contributed by atoms with E-state index in [1.807, 2.05) is 6.92 Å². The third kappa shape index (κ3) is 2.94. The van der Waals surface area contributed by atoms with Crippen LogP contribution in [0.1, 0.15) is 18.1 Å². The molecule has 0 bridgehead atoms. The maximum absolute atomic E-state index is 5.86. The second-order valence-corrected chi connectivity index (χ2v) is 3.72. The van der Waals surface area contributed by atoms with Gasteiger partial charge in [-0.3, -0.25) is 0 Å². The van der Waals surface area contributed by atoms with Gasteiger partial charge in [-0.1, -0.05) is 29.8 Å². The van der Waals surface area contributed by atoms with Crippen molar-refractivity contribution < 1.29 is 0 Å². The van der Waals surface area contributed by atoms with Crippen LogP contribution in [0.2, 0.25) is 0 Å². The quantitative estimate of drug-likeness (QED) is 0.596. The van der Waals surface area contributed by atoms with E-state index in [1.54, 1.807) is 0 Å². The summed E-state index contributed by atoms with van der Waals surface area (Å²) in [4.78, 5) is 0. The van der Waals surface area contributed by atoms with Crippen molar-refractivity contribution in [3.8, 4) is 0 Å². The van der Waals surface area contributed by atoms with E-state index >= 15 is 0 Å². The van der Waals surface area contributed by atoms with Crippen LogP contribution in [0.4, 0.5) is 0 Å². The second-order valence-electron chi connectivity index (χ2n) is 2.97. The Bertz CT molecular complexity index is 228. The molecule has 11 heavy (non-hydrogen) atoms. The van der Waals surface area contributed by atoms with Gasteiger partial charge in [-0.15, -0.1) is 11.6 Å². The highest BCUT2D eigenvalue weighted by molar-refractivity contribution is 6.20. The Hall–Kier alpha value is -0.490. The van der Waals surface area contributed by atoms with Crippen LogP contribution in [-0.2, 0) is 6.42 Å². The molecule has 0 aliphatic rings. The largest absolute Gasteiger partial charge is 0.123 e. The van der Waals surface area contributed by atoms with Crippen LogP contribution in [0.25, 0.3) is 0 Å². The van der Waals surface area contributed by atoms with Crippen LogP contribution < -0.4 is 0 Å². The van der Waals surface area contributed by atoms with Crippen LogP contribution in [0.3, 0.4) is 0 Å². The summed E-state index contributed by atoms with van der Waals surface area (Å²) in [5, 5.41) is 0.233. The number of hydrogen-bond donors (Lipinski definition) is 0. The Labute approximate surface area is 73.2 Å². The van der Waals surface area contributed by atoms with Crippen LogP contribution in [0.15, 0.2) is 24.3 Å². The molecule has 1 aromatic carbocycles. The van der Waals surface area contributed by atoms with E-state index in [4.69, 9.17) is 11.6 Å². The standard InChI is InChI=1S/C10H13Cl/c1-8-4-3-5-10(6-8)7-9(2)11/h3-6,9H,7H2,1-2H3. The third-order valence-electron chi connectivity index (χ3n) is 1.60. The van der Waals surface area contributed by atoms with E-state index in [9.17, 15) is 0 Å². The van der Waals surface area contributed by atoms with E-state index in [0.29, 0.717) is 0 Å². The van der Waals surface area contributed by atoms with Gasteiger partial charge in [0.15, 0.2) is 0 Å². The minimum atomic E-state index is 0.233. The van der Waals surface area contributed by atoms with Crippen LogP contribution in [-0.4, -0.2) is 5.38 Å². The molecule has 1 rings (SSSR count). The summed E-state index contributed by atoms with van der Waals surface area (Å²) in [6.07, 6.45) is 0.962. The second kappa shape index (κ2) is 3.77. The molecule has 0 saturated heterocycles. The predicted octanol–water partition coefficient (Wildman–Crippen LogP) is 3.16. The van der Waals surface area contributed by atoms with Crippen molar-refractivity contribution in [1.82, 2.24) is 0 Å². The summed E-state index contributed by atoms with van der Waals surface area (Å²) in [5.74, 6) is 0. The zero-order valence-electron chi connectivity index (χ0n) is 6.97. The maximum atomic E-state index is 5.86. The molecule has 1 unspecified atom stereocenters. The highest BCUT2D eigenvalue weighted by Gasteiger charge is 1.97. The third-order valence-corrected chi connectivity index (χ3v) is 1.75. The molecular formula is C10H13Cl. The van der Waals surface area contributed by atoms with Crippen molar-refractivity contribution in [2.24, 2.45) is 0 Å². The van der Waals surface area contributed by atoms with Crippen LogP contribution >= 0.6 is 11.6 Å². The highest BCUT2D eigenvalue weighted by atomic mass is 35.5. The summed E-state index contributed by atoms with van der Waals surface area (Å²) in [6.45, 7) is 4.12. The number of hydrogen-bond acceptors (Lipinski definition) is 0. The maximum Gasteiger partial charge on any atom is 0.0348 e. The van der Waals surface area contributed by atoms with E-state index in [2.05, 4.69) is 31.2 Å². The normalized spacial score (nSPS) is 13.0. The zero-order valence-corrected chi connectivity index (χ0v) is 7.73. The fraction of sp³-hybridized carbons (Fsp3) is 0.400. The summed E-state index contributed by atoms with van der Waals surface area (Å²) in [5.41, 5.74) is 2.63. The molecule has 0 aromatic heterocycles. The van der Waals surface area contributed by atoms with Gasteiger partial charge in [-0.25, -0.2) is 0 Å². The van der Waals surface area contributed by atoms with Gasteiger partial charge < -0.3 is 0 Å². The lowest BCUT2D eigenvalue weighted by Crippen LogP contribution is -1.96. The molecule has 0 saturated carbocycles. The molecule has 0 amide bonds. The molecule has 0 spiro atoms. The lowest BCUT2D eigenvalue weighted by Gasteiger charge is -2.03. The van der Waals surface area contributed by atoms with Crippen molar-refractivity contribution in [2.45, 2.75) is 25.6 Å². The smallest absolute Gasteiger partial charge is 0.0348 e. The van der Waals surface area contributed by atoms with Crippen molar-refractivity contribution in [1.29, 1.82) is 0 Å². The topological polar surface area (TPSA) is 0 Å². The van der Waals surface area contributed by atoms with E-state index in [1.165, 1.54) is 11.1 Å². The summed E-state index contributed by atoms with van der Waals surface area (Å²) < 4.78 is 0. The minimum Gasteiger partial charge on any atom is -0.123 e. The summed E-state index contributed by atoms with van der Waals surface area (Å²) >= 11 is 5.86. The number of aryl methyl sites for hydroxylation is 1. The SMILES string of the molecule is Cc1cccc(CC(C)Cl)c1. The van der Waals surface area contributed by atoms with Gasteiger partial charge in [0.25, 0.3) is 0 Å².